The molecule has 0 heterocycles. The largest absolute Gasteiger partial charge is 0.377 e. The Balaban J connectivity index is 0.00000361. The Morgan fingerprint density at radius 1 is 1.25 bits per heavy atom. The van der Waals surface area contributed by atoms with E-state index in [2.05, 4.69) is 36.4 Å². The van der Waals surface area contributed by atoms with Crippen molar-refractivity contribution in [1.82, 2.24) is 10.6 Å². The van der Waals surface area contributed by atoms with Crippen molar-refractivity contribution in [2.24, 2.45) is 16.8 Å². The smallest absolute Gasteiger partial charge is 0.191 e. The van der Waals surface area contributed by atoms with E-state index in [0.29, 0.717) is 0 Å². The monoisotopic (exact) mass is 397 g/mol. The topological polar surface area (TPSA) is 45.7 Å². The van der Waals surface area contributed by atoms with Gasteiger partial charge in [0.2, 0.25) is 0 Å². The minimum atomic E-state index is -0.171. The van der Waals surface area contributed by atoms with E-state index in [-0.39, 0.29) is 29.6 Å². The molecule has 1 aliphatic rings. The maximum absolute atomic E-state index is 5.40. The van der Waals surface area contributed by atoms with Gasteiger partial charge in [-0.15, -0.1) is 24.0 Å². The van der Waals surface area contributed by atoms with Crippen LogP contribution in [0.25, 0.3) is 0 Å². The van der Waals surface area contributed by atoms with Gasteiger partial charge in [0.25, 0.3) is 0 Å². The second-order valence-electron chi connectivity index (χ2n) is 6.29. The van der Waals surface area contributed by atoms with Crippen molar-refractivity contribution in [3.05, 3.63) is 0 Å². The third-order valence-electron chi connectivity index (χ3n) is 4.28. The maximum atomic E-state index is 5.40. The van der Waals surface area contributed by atoms with E-state index in [0.717, 1.165) is 30.9 Å². The summed E-state index contributed by atoms with van der Waals surface area (Å²) in [4.78, 5) is 4.27. The summed E-state index contributed by atoms with van der Waals surface area (Å²) in [5, 5.41) is 6.78. The number of nitrogens with one attached hydrogen (secondary N) is 2. The molecule has 0 aliphatic heterocycles. The summed E-state index contributed by atoms with van der Waals surface area (Å²) < 4.78 is 5.40. The molecular formula is C15H32IN3O. The van der Waals surface area contributed by atoms with E-state index >= 15 is 0 Å². The van der Waals surface area contributed by atoms with Crippen LogP contribution in [-0.2, 0) is 4.74 Å². The quantitative estimate of drug-likeness (QED) is 0.426. The lowest BCUT2D eigenvalue weighted by Crippen LogP contribution is -2.46. The van der Waals surface area contributed by atoms with E-state index in [1.165, 1.54) is 25.7 Å². The van der Waals surface area contributed by atoms with Gasteiger partial charge in [-0.05, 0) is 32.1 Å². The van der Waals surface area contributed by atoms with Gasteiger partial charge in [0.05, 0.1) is 5.60 Å². The molecule has 0 spiro atoms. The Morgan fingerprint density at radius 3 is 2.45 bits per heavy atom. The molecule has 2 atom stereocenters. The lowest BCUT2D eigenvalue weighted by atomic mass is 9.80. The molecule has 1 saturated carbocycles. The van der Waals surface area contributed by atoms with Crippen molar-refractivity contribution < 1.29 is 4.74 Å². The van der Waals surface area contributed by atoms with Crippen LogP contribution in [0, 0.1) is 11.8 Å². The molecule has 5 heteroatoms. The first-order valence-electron chi connectivity index (χ1n) is 7.48. The highest BCUT2D eigenvalue weighted by atomic mass is 127. The van der Waals surface area contributed by atoms with Gasteiger partial charge in [0.1, 0.15) is 0 Å². The molecular weight excluding hydrogens is 365 g/mol. The van der Waals surface area contributed by atoms with E-state index in [1.54, 1.807) is 7.11 Å². The number of hydrogen-bond donors (Lipinski definition) is 2. The molecule has 120 valence electrons. The van der Waals surface area contributed by atoms with Crippen molar-refractivity contribution in [2.75, 3.05) is 27.2 Å². The zero-order chi connectivity index (χ0) is 14.3. The van der Waals surface area contributed by atoms with Gasteiger partial charge in [-0.1, -0.05) is 26.2 Å². The molecule has 0 radical (unpaired) electrons. The molecule has 0 amide bonds. The Morgan fingerprint density at radius 2 is 1.90 bits per heavy atom. The predicted molar refractivity (Wildman–Crippen MR) is 97.0 cm³/mol. The first kappa shape index (κ1) is 20.0. The van der Waals surface area contributed by atoms with Gasteiger partial charge in [-0.25, -0.2) is 0 Å². The average Bonchev–Trinajstić information content (AvgIpc) is 2.41. The van der Waals surface area contributed by atoms with Crippen LogP contribution in [0.5, 0.6) is 0 Å². The number of aliphatic imine (C=N–C) groups is 1. The number of nitrogens with zero attached hydrogens (tertiary/aromatic N) is 1. The van der Waals surface area contributed by atoms with Crippen LogP contribution in [-0.4, -0.2) is 38.8 Å². The molecule has 1 rings (SSSR count). The summed E-state index contributed by atoms with van der Waals surface area (Å²) in [5.41, 5.74) is -0.171. The van der Waals surface area contributed by atoms with E-state index in [4.69, 9.17) is 4.74 Å². The first-order valence-corrected chi connectivity index (χ1v) is 7.48. The molecule has 1 fully saturated rings. The average molecular weight is 397 g/mol. The number of hydrogen-bond acceptors (Lipinski definition) is 2. The molecule has 4 nitrogen and oxygen atoms in total. The van der Waals surface area contributed by atoms with Gasteiger partial charge in [0.15, 0.2) is 5.96 Å². The summed E-state index contributed by atoms with van der Waals surface area (Å²) in [6, 6.07) is 0. The Kier molecular flexibility index (Phi) is 9.80. The predicted octanol–water partition coefficient (Wildman–Crippen LogP) is 3.02. The summed E-state index contributed by atoms with van der Waals surface area (Å²) in [6.45, 7) is 8.28. The molecule has 0 saturated heterocycles. The van der Waals surface area contributed by atoms with E-state index in [1.807, 2.05) is 7.05 Å². The van der Waals surface area contributed by atoms with Crippen LogP contribution in [0.15, 0.2) is 4.99 Å². The van der Waals surface area contributed by atoms with Crippen LogP contribution in [0.1, 0.15) is 46.5 Å². The highest BCUT2D eigenvalue weighted by Crippen LogP contribution is 2.28. The Bertz CT molecular complexity index is 295. The molecule has 20 heavy (non-hydrogen) atoms. The minimum absolute atomic E-state index is 0. The fourth-order valence-corrected chi connectivity index (χ4v) is 2.51. The van der Waals surface area contributed by atoms with Crippen LogP contribution < -0.4 is 10.6 Å². The van der Waals surface area contributed by atoms with E-state index in [9.17, 15) is 0 Å². The summed E-state index contributed by atoms with van der Waals surface area (Å²) in [7, 11) is 3.56. The van der Waals surface area contributed by atoms with Crippen molar-refractivity contribution in [1.29, 1.82) is 0 Å². The third-order valence-corrected chi connectivity index (χ3v) is 4.28. The molecule has 0 bridgehead atoms. The highest BCUT2D eigenvalue weighted by Gasteiger charge is 2.21. The third kappa shape index (κ3) is 7.11. The van der Waals surface area contributed by atoms with E-state index < -0.39 is 0 Å². The van der Waals surface area contributed by atoms with Crippen LogP contribution in [0.2, 0.25) is 0 Å². The number of ether oxygens (including phenoxy) is 1. The molecule has 0 aromatic rings. The molecule has 1 aliphatic carbocycles. The van der Waals surface area contributed by atoms with Crippen molar-refractivity contribution in [3.8, 4) is 0 Å². The van der Waals surface area contributed by atoms with Gasteiger partial charge >= 0.3 is 0 Å². The molecule has 2 N–H and O–H groups in total. The second-order valence-corrected chi connectivity index (χ2v) is 6.29. The lowest BCUT2D eigenvalue weighted by molar-refractivity contribution is 0.0268. The Labute approximate surface area is 141 Å². The number of rotatable bonds is 5. The second kappa shape index (κ2) is 9.82. The number of guanidine groups is 1. The van der Waals surface area contributed by atoms with Crippen molar-refractivity contribution in [3.63, 3.8) is 0 Å². The standard InChI is InChI=1S/C15H31N3O.HI/c1-12-8-6-7-9-13(12)10-17-14(16-4)18-11-15(2,3)19-5;/h12-13H,6-11H2,1-5H3,(H2,16,17,18);1H. The molecule has 0 aromatic carbocycles. The number of methoxy groups -OCH3 is 1. The summed E-state index contributed by atoms with van der Waals surface area (Å²) >= 11 is 0. The minimum Gasteiger partial charge on any atom is -0.377 e. The summed E-state index contributed by atoms with van der Waals surface area (Å²) in [6.07, 6.45) is 5.48. The molecule has 0 aromatic heterocycles. The zero-order valence-electron chi connectivity index (χ0n) is 13.7. The Hall–Kier alpha value is -0.0400. The first-order chi connectivity index (χ1) is 8.98. The van der Waals surface area contributed by atoms with Crippen molar-refractivity contribution in [2.45, 2.75) is 52.1 Å². The lowest BCUT2D eigenvalue weighted by Gasteiger charge is -2.30. The van der Waals surface area contributed by atoms with Crippen LogP contribution >= 0.6 is 24.0 Å². The van der Waals surface area contributed by atoms with Gasteiger partial charge in [-0.2, -0.15) is 0 Å². The summed E-state index contributed by atoms with van der Waals surface area (Å²) in [5.74, 6) is 2.49. The highest BCUT2D eigenvalue weighted by molar-refractivity contribution is 14.0. The SMILES string of the molecule is CN=C(NCC1CCCCC1C)NCC(C)(C)OC.I. The fourth-order valence-electron chi connectivity index (χ4n) is 2.51. The van der Waals surface area contributed by atoms with Crippen LogP contribution in [0.4, 0.5) is 0 Å². The van der Waals surface area contributed by atoms with Gasteiger partial charge in [-0.3, -0.25) is 4.99 Å². The van der Waals surface area contributed by atoms with Crippen molar-refractivity contribution >= 4 is 29.9 Å². The van der Waals surface area contributed by atoms with Gasteiger partial charge in [0, 0.05) is 27.2 Å². The molecule has 2 unspecified atom stereocenters. The maximum Gasteiger partial charge on any atom is 0.191 e. The normalized spacial score (nSPS) is 23.9. The van der Waals surface area contributed by atoms with Gasteiger partial charge < -0.3 is 15.4 Å². The fraction of sp³-hybridized carbons (Fsp3) is 0.933. The number of halogens is 1. The zero-order valence-corrected chi connectivity index (χ0v) is 16.0. The van der Waals surface area contributed by atoms with Crippen LogP contribution in [0.3, 0.4) is 0 Å².